The number of hydrogen-bond acceptors (Lipinski definition) is 1. The average Bonchev–Trinajstić information content (AvgIpc) is 0.811. The molecule has 0 heterocycles. The second-order valence-corrected chi connectivity index (χ2v) is 0.519. The van der Waals surface area contributed by atoms with Crippen LogP contribution < -0.4 is 0 Å². The molecular weight excluding hydrogens is 187 g/mol. The van der Waals surface area contributed by atoms with Crippen molar-refractivity contribution < 1.29 is 15.4 Å². The summed E-state index contributed by atoms with van der Waals surface area (Å²) in [6.45, 7) is 1.08. The number of carbonyl (C=O) groups is 1. The van der Waals surface area contributed by atoms with E-state index in [2.05, 4.69) is 0 Å². The molecule has 0 aromatic heterocycles. The molecule has 3 nitrogen and oxygen atoms in total. The maximum atomic E-state index is 9.00. The predicted molar refractivity (Wildman–Crippen MR) is 26.9 cm³/mol. The molecule has 4 heteroatoms. The quantitative estimate of drug-likeness (QED) is 0.490. The first-order valence-electron chi connectivity index (χ1n) is 0.928. The second-order valence-electron chi connectivity index (χ2n) is 0.519. The molecule has 0 radical (unpaired) electrons. The van der Waals surface area contributed by atoms with Gasteiger partial charge in [-0.3, -0.25) is 4.79 Å². The Balaban J connectivity index is -0.0000000450. The summed E-state index contributed by atoms with van der Waals surface area (Å²) in [7, 11) is 0. The van der Waals surface area contributed by atoms with Crippen molar-refractivity contribution in [3.63, 3.8) is 0 Å². The maximum absolute atomic E-state index is 9.00. The molecule has 3 N–H and O–H groups in total. The number of hydrogen-bond donors (Lipinski definition) is 1. The molecule has 38 valence electrons. The third kappa shape index (κ3) is 520. The molecule has 0 bridgehead atoms. The normalized spacial score (nSPS) is 4.17. The minimum absolute atomic E-state index is 0. The molecule has 0 aromatic carbocycles. The van der Waals surface area contributed by atoms with Crippen molar-refractivity contribution in [3.05, 3.63) is 0 Å². The topological polar surface area (TPSA) is 68.8 Å². The first-order chi connectivity index (χ1) is 1.73. The van der Waals surface area contributed by atoms with Crippen molar-refractivity contribution in [2.45, 2.75) is 6.92 Å². The Morgan fingerprint density at radius 2 is 1.67 bits per heavy atom. The summed E-state index contributed by atoms with van der Waals surface area (Å²) in [5, 5.41) is 7.42. The van der Waals surface area contributed by atoms with Crippen LogP contribution in [0.2, 0.25) is 0 Å². The fourth-order valence-corrected chi connectivity index (χ4v) is 0. The SMILES string of the molecule is CC(=O)O.O.[InH3]. The van der Waals surface area contributed by atoms with Crippen molar-refractivity contribution in [2.75, 3.05) is 0 Å². The van der Waals surface area contributed by atoms with Crippen molar-refractivity contribution in [3.8, 4) is 0 Å². The number of aliphatic carboxylic acids is 1. The average molecular weight is 196 g/mol. The zero-order chi connectivity index (χ0) is 3.58. The van der Waals surface area contributed by atoms with Gasteiger partial charge in [0.15, 0.2) is 0 Å². The molecule has 0 saturated carbocycles. The van der Waals surface area contributed by atoms with Crippen LogP contribution in [0.25, 0.3) is 0 Å². The fourth-order valence-electron chi connectivity index (χ4n) is 0. The van der Waals surface area contributed by atoms with Crippen molar-refractivity contribution in [2.24, 2.45) is 0 Å². The molecule has 0 aliphatic heterocycles. The van der Waals surface area contributed by atoms with Gasteiger partial charge in [0.2, 0.25) is 0 Å². The van der Waals surface area contributed by atoms with Crippen LogP contribution in [-0.4, -0.2) is 42.4 Å². The number of carboxylic acids is 1. The summed E-state index contributed by atoms with van der Waals surface area (Å²) in [6.07, 6.45) is 0. The second kappa shape index (κ2) is 9.00. The van der Waals surface area contributed by atoms with E-state index in [1.54, 1.807) is 0 Å². The van der Waals surface area contributed by atoms with E-state index in [0.717, 1.165) is 6.92 Å². The summed E-state index contributed by atoms with van der Waals surface area (Å²) in [4.78, 5) is 9.00. The van der Waals surface area contributed by atoms with E-state index in [9.17, 15) is 0 Å². The van der Waals surface area contributed by atoms with E-state index in [-0.39, 0.29) is 31.3 Å². The van der Waals surface area contributed by atoms with Crippen molar-refractivity contribution in [1.82, 2.24) is 0 Å². The fraction of sp³-hybridized carbons (Fsp3) is 0.500. The summed E-state index contributed by atoms with van der Waals surface area (Å²) in [5.74, 6) is -0.833. The van der Waals surface area contributed by atoms with Crippen LogP contribution in [0.1, 0.15) is 6.92 Å². The molecule has 0 aliphatic carbocycles. The molecule has 6 heavy (non-hydrogen) atoms. The summed E-state index contributed by atoms with van der Waals surface area (Å²) in [6, 6.07) is 0. The number of carboxylic acid groups (broad SMARTS) is 1. The van der Waals surface area contributed by atoms with E-state index >= 15 is 0 Å². The van der Waals surface area contributed by atoms with Gasteiger partial charge >= 0.3 is 25.8 Å². The monoisotopic (exact) mass is 196 g/mol. The summed E-state index contributed by atoms with van der Waals surface area (Å²) < 4.78 is 0. The zero-order valence-corrected chi connectivity index (χ0v) is 2.86. The van der Waals surface area contributed by atoms with Crippen LogP contribution >= 0.6 is 0 Å². The van der Waals surface area contributed by atoms with E-state index in [1.165, 1.54) is 0 Å². The van der Waals surface area contributed by atoms with Gasteiger partial charge in [-0.25, -0.2) is 0 Å². The van der Waals surface area contributed by atoms with Gasteiger partial charge in [0.05, 0.1) is 0 Å². The Hall–Kier alpha value is 0.300. The number of rotatable bonds is 0. The Kier molecular flexibility index (Phi) is 24.4. The van der Waals surface area contributed by atoms with Gasteiger partial charge in [-0.15, -0.1) is 0 Å². The van der Waals surface area contributed by atoms with Crippen LogP contribution in [0, 0.1) is 0 Å². The van der Waals surface area contributed by atoms with Gasteiger partial charge in [0.25, 0.3) is 5.97 Å². The molecule has 0 spiro atoms. The van der Waals surface area contributed by atoms with Crippen molar-refractivity contribution in [1.29, 1.82) is 0 Å². The van der Waals surface area contributed by atoms with Gasteiger partial charge in [-0.1, -0.05) is 0 Å². The molecule has 0 amide bonds. The van der Waals surface area contributed by atoms with E-state index < -0.39 is 5.97 Å². The van der Waals surface area contributed by atoms with Crippen LogP contribution in [0.4, 0.5) is 0 Å². The van der Waals surface area contributed by atoms with Crippen LogP contribution in [0.3, 0.4) is 0 Å². The van der Waals surface area contributed by atoms with Gasteiger partial charge < -0.3 is 10.6 Å². The Bertz CT molecular complexity index is 31.8. The molecule has 0 unspecified atom stereocenters. The van der Waals surface area contributed by atoms with E-state index in [1.807, 2.05) is 0 Å². The third-order valence-electron chi connectivity index (χ3n) is 0. The van der Waals surface area contributed by atoms with Gasteiger partial charge in [-0.05, 0) is 0 Å². The first kappa shape index (κ1) is 16.3. The molecule has 0 saturated heterocycles. The molecule has 0 aromatic rings. The summed E-state index contributed by atoms with van der Waals surface area (Å²) >= 11 is 0. The first-order valence-corrected chi connectivity index (χ1v) is 0.928. The van der Waals surface area contributed by atoms with Gasteiger partial charge in [0, 0.05) is 6.92 Å². The molecule has 0 atom stereocenters. The van der Waals surface area contributed by atoms with E-state index in [0.29, 0.717) is 0 Å². The standard InChI is InChI=1S/C2H4O2.In.H2O.3H/c1-2(3)4;;;;;/h1H3,(H,3,4);;1H2;;;. The van der Waals surface area contributed by atoms with Gasteiger partial charge in [-0.2, -0.15) is 0 Å². The van der Waals surface area contributed by atoms with Crippen molar-refractivity contribution >= 4 is 31.8 Å². The molecule has 0 fully saturated rings. The van der Waals surface area contributed by atoms with E-state index in [4.69, 9.17) is 9.90 Å². The predicted octanol–water partition coefficient (Wildman–Crippen LogP) is -1.92. The molecule has 0 rings (SSSR count). The van der Waals surface area contributed by atoms with Crippen LogP contribution in [-0.2, 0) is 4.79 Å². The molecule has 0 aliphatic rings. The van der Waals surface area contributed by atoms with Crippen LogP contribution in [0.15, 0.2) is 0 Å². The zero-order valence-electron chi connectivity index (χ0n) is 2.86. The third-order valence-corrected chi connectivity index (χ3v) is 0. The van der Waals surface area contributed by atoms with Gasteiger partial charge in [0.1, 0.15) is 0 Å². The summed E-state index contributed by atoms with van der Waals surface area (Å²) in [5.41, 5.74) is 0. The van der Waals surface area contributed by atoms with Crippen LogP contribution in [0.5, 0.6) is 0 Å². The molecular formula is C2H9InO3. The Labute approximate surface area is 54.4 Å². The minimum atomic E-state index is -0.833. The Morgan fingerprint density at radius 3 is 1.67 bits per heavy atom. The Morgan fingerprint density at radius 1 is 1.67 bits per heavy atom.